The van der Waals surface area contributed by atoms with Crippen LogP contribution in [-0.4, -0.2) is 9.97 Å². The predicted octanol–water partition coefficient (Wildman–Crippen LogP) is 3.95. The van der Waals surface area contributed by atoms with E-state index in [1.807, 2.05) is 36.4 Å². The van der Waals surface area contributed by atoms with Crippen LogP contribution in [0, 0.1) is 0 Å². The Hall–Kier alpha value is -2.62. The molecule has 2 aromatic heterocycles. The maximum atomic E-state index is 6.75. The van der Waals surface area contributed by atoms with Gasteiger partial charge in [0, 0.05) is 12.4 Å². The van der Waals surface area contributed by atoms with Crippen LogP contribution in [0.3, 0.4) is 0 Å². The quantitative estimate of drug-likeness (QED) is 0.372. The van der Waals surface area contributed by atoms with Crippen molar-refractivity contribution in [2.45, 2.75) is 0 Å². The number of hydrogen-bond donors (Lipinski definition) is 1. The maximum Gasteiger partial charge on any atom is 2.00 e. The third-order valence-electron chi connectivity index (χ3n) is 1.59. The number of hydrogen-bond acceptors (Lipinski definition) is 3. The molecule has 0 radical (unpaired) electrons. The molecular weight excluding hydrogens is 353 g/mol. The molecule has 0 aliphatic carbocycles. The summed E-state index contributed by atoms with van der Waals surface area (Å²) in [5.41, 5.74) is 27.0. The summed E-state index contributed by atoms with van der Waals surface area (Å²) in [6, 6.07) is 11.4. The Morgan fingerprint density at radius 2 is 1.10 bits per heavy atom. The van der Waals surface area contributed by atoms with Gasteiger partial charge >= 0.3 is 20.4 Å². The fraction of sp³-hybridized carbons (Fsp3) is 0. The number of aromatic nitrogens is 2. The second kappa shape index (κ2) is 14.4. The molecule has 0 aromatic carbocycles. The molecule has 1 N–H and O–H groups in total. The van der Waals surface area contributed by atoms with Gasteiger partial charge in [0.1, 0.15) is 11.6 Å². The van der Waals surface area contributed by atoms with E-state index in [0.717, 1.165) is 11.6 Å². The molecule has 0 bridgehead atoms. The summed E-state index contributed by atoms with van der Waals surface area (Å²) in [5.74, 6) is 1.61. The number of anilines is 2. The first kappa shape index (κ1) is 19.7. The van der Waals surface area contributed by atoms with Crippen LogP contribution < -0.4 is 5.32 Å². The van der Waals surface area contributed by atoms with Crippen molar-refractivity contribution in [2.75, 3.05) is 5.32 Å². The van der Waals surface area contributed by atoms with Crippen molar-refractivity contribution in [3.05, 3.63) is 80.7 Å². The zero-order valence-corrected chi connectivity index (χ0v) is 11.6. The van der Waals surface area contributed by atoms with Crippen LogP contribution in [0.1, 0.15) is 0 Å². The largest absolute Gasteiger partial charge is 2.00 e. The van der Waals surface area contributed by atoms with Crippen molar-refractivity contribution in [1.29, 1.82) is 0 Å². The van der Waals surface area contributed by atoms with E-state index >= 15 is 0 Å². The molecule has 0 saturated carbocycles. The monoisotopic (exact) mass is 361 g/mol. The normalized spacial score (nSPS) is 7.00. The molecule has 9 nitrogen and oxygen atoms in total. The molecule has 0 saturated heterocycles. The average molecular weight is 362 g/mol. The summed E-state index contributed by atoms with van der Waals surface area (Å²) in [7, 11) is 0. The molecule has 0 atom stereocenters. The molecule has 0 unspecified atom stereocenters. The molecule has 0 amide bonds. The van der Waals surface area contributed by atoms with E-state index < -0.39 is 0 Å². The minimum absolute atomic E-state index is 0. The Labute approximate surface area is 128 Å². The summed E-state index contributed by atoms with van der Waals surface area (Å²) in [6.07, 6.45) is 3.48. The van der Waals surface area contributed by atoms with Crippen LogP contribution >= 0.6 is 0 Å². The molecule has 0 fully saturated rings. The van der Waals surface area contributed by atoms with Gasteiger partial charge in [-0.1, -0.05) is 12.1 Å². The minimum atomic E-state index is 0. The van der Waals surface area contributed by atoms with Crippen molar-refractivity contribution in [3.8, 4) is 0 Å². The van der Waals surface area contributed by atoms with E-state index in [1.54, 1.807) is 12.4 Å². The summed E-state index contributed by atoms with van der Waals surface area (Å²) < 4.78 is 0. The molecule has 2 heterocycles. The van der Waals surface area contributed by atoms with Gasteiger partial charge in [0.2, 0.25) is 0 Å². The Morgan fingerprint density at radius 1 is 0.750 bits per heavy atom. The Kier molecular flexibility index (Phi) is 14.2. The minimum Gasteiger partial charge on any atom is -0.373 e. The summed E-state index contributed by atoms with van der Waals surface area (Å²) >= 11 is 0. The van der Waals surface area contributed by atoms with Crippen molar-refractivity contribution in [1.82, 2.24) is 9.97 Å². The first-order valence-corrected chi connectivity index (χ1v) is 4.84. The van der Waals surface area contributed by atoms with Gasteiger partial charge in [0.15, 0.2) is 0 Å². The second-order valence-electron chi connectivity index (χ2n) is 2.73. The Morgan fingerprint density at radius 3 is 1.35 bits per heavy atom. The van der Waals surface area contributed by atoms with Crippen LogP contribution in [0.15, 0.2) is 48.8 Å². The van der Waals surface area contributed by atoms with Gasteiger partial charge in [-0.25, -0.2) is 9.97 Å². The molecule has 0 aliphatic heterocycles. The Bertz CT molecular complexity index is 469. The van der Waals surface area contributed by atoms with E-state index in [9.17, 15) is 0 Å². The SMILES string of the molecule is [N-]=[N+]=[N-].[N-]=[N+]=[N-].[Pd+2].c1ccc(Nc2ccccn2)nc1. The van der Waals surface area contributed by atoms with Crippen LogP contribution in [0.25, 0.3) is 31.9 Å². The molecule has 104 valence electrons. The molecule has 2 aromatic rings. The van der Waals surface area contributed by atoms with Crippen molar-refractivity contribution < 1.29 is 20.4 Å². The molecule has 0 spiro atoms. The van der Waals surface area contributed by atoms with Gasteiger partial charge in [-0.3, -0.25) is 9.82 Å². The van der Waals surface area contributed by atoms with Crippen molar-refractivity contribution >= 4 is 11.6 Å². The molecule has 0 aliphatic rings. The van der Waals surface area contributed by atoms with Crippen molar-refractivity contribution in [2.24, 2.45) is 0 Å². The first-order chi connectivity index (χ1) is 9.28. The number of nitrogens with one attached hydrogen (secondary N) is 1. The van der Waals surface area contributed by atoms with Crippen LogP contribution in [0.4, 0.5) is 11.6 Å². The van der Waals surface area contributed by atoms with Gasteiger partial charge in [0.05, 0.1) is 0 Å². The van der Waals surface area contributed by atoms with Crippen LogP contribution in [0.5, 0.6) is 0 Å². The molecular formula is C10H9N9Pd. The third-order valence-corrected chi connectivity index (χ3v) is 1.59. The number of rotatable bonds is 2. The Balaban J connectivity index is 0. The summed E-state index contributed by atoms with van der Waals surface area (Å²) in [5, 5.41) is 3.08. The zero-order chi connectivity index (χ0) is 14.3. The summed E-state index contributed by atoms with van der Waals surface area (Å²) in [6.45, 7) is 0. The van der Waals surface area contributed by atoms with Crippen LogP contribution in [-0.2, 0) is 20.4 Å². The standard InChI is InChI=1S/C10H9N3.2N3.Pd/c1-3-7-11-9(5-1)13-10-6-2-4-8-12-10;2*1-3-2;/h1-8H,(H,11,12,13);;;/q;2*-1;+2. The van der Waals surface area contributed by atoms with E-state index in [2.05, 4.69) is 15.3 Å². The van der Waals surface area contributed by atoms with Gasteiger partial charge < -0.3 is 27.4 Å². The average Bonchev–Trinajstić information content (AvgIpc) is 2.43. The fourth-order valence-electron chi connectivity index (χ4n) is 1.00. The molecule has 20 heavy (non-hydrogen) atoms. The zero-order valence-electron chi connectivity index (χ0n) is 10.0. The van der Waals surface area contributed by atoms with Gasteiger partial charge in [0.25, 0.3) is 0 Å². The van der Waals surface area contributed by atoms with Gasteiger partial charge in [-0.05, 0) is 24.3 Å². The van der Waals surface area contributed by atoms with E-state index in [4.69, 9.17) is 22.1 Å². The number of pyridine rings is 2. The van der Waals surface area contributed by atoms with Gasteiger partial charge in [-0.15, -0.1) is 0 Å². The number of nitrogens with zero attached hydrogens (tertiary/aromatic N) is 8. The molecule has 2 rings (SSSR count). The topological polar surface area (TPSA) is 155 Å². The van der Waals surface area contributed by atoms with Crippen molar-refractivity contribution in [3.63, 3.8) is 0 Å². The maximum absolute atomic E-state index is 6.75. The second-order valence-corrected chi connectivity index (χ2v) is 2.73. The third kappa shape index (κ3) is 10.5. The van der Waals surface area contributed by atoms with Crippen LogP contribution in [0.2, 0.25) is 0 Å². The van der Waals surface area contributed by atoms with Gasteiger partial charge in [-0.2, -0.15) is 0 Å². The van der Waals surface area contributed by atoms with E-state index in [-0.39, 0.29) is 20.4 Å². The summed E-state index contributed by atoms with van der Waals surface area (Å²) in [4.78, 5) is 11.2. The first-order valence-electron chi connectivity index (χ1n) is 4.84. The van der Waals surface area contributed by atoms with E-state index in [1.165, 1.54) is 9.82 Å². The fourth-order valence-corrected chi connectivity index (χ4v) is 1.00. The van der Waals surface area contributed by atoms with E-state index in [0.29, 0.717) is 0 Å². The smallest absolute Gasteiger partial charge is 0.373 e. The predicted molar refractivity (Wildman–Crippen MR) is 71.9 cm³/mol. The molecule has 10 heteroatoms.